The number of carbonyl (C=O) groups is 3. The van der Waals surface area contributed by atoms with Crippen molar-refractivity contribution in [2.45, 2.75) is 75.7 Å². The lowest BCUT2D eigenvalue weighted by atomic mass is 9.77. The predicted octanol–water partition coefficient (Wildman–Crippen LogP) is 4.94. The summed E-state index contributed by atoms with van der Waals surface area (Å²) in [5.41, 5.74) is -0.133. The summed E-state index contributed by atoms with van der Waals surface area (Å²) >= 11 is 6.31. The number of hydrogen-bond donors (Lipinski definition) is 1. The predicted molar refractivity (Wildman–Crippen MR) is 205 cm³/mol. The third-order valence-electron chi connectivity index (χ3n) is 11.0. The Balaban J connectivity index is 0.978. The summed E-state index contributed by atoms with van der Waals surface area (Å²) in [5, 5.41) is 2.69. The number of aromatic nitrogens is 1. The van der Waals surface area contributed by atoms with Crippen molar-refractivity contribution in [3.8, 4) is 0 Å². The Hall–Kier alpha value is -3.60. The second-order valence-electron chi connectivity index (χ2n) is 15.8. The Bertz CT molecular complexity index is 1810. The molecule has 1 aliphatic carbocycles. The van der Waals surface area contributed by atoms with Gasteiger partial charge in [0, 0.05) is 101 Å². The van der Waals surface area contributed by atoms with E-state index in [-0.39, 0.29) is 78.2 Å². The van der Waals surface area contributed by atoms with Crippen molar-refractivity contribution >= 4 is 51.0 Å². The van der Waals surface area contributed by atoms with Crippen molar-refractivity contribution in [1.82, 2.24) is 24.4 Å². The SMILES string of the molecule is CC(C)(C)OC(=O)NCCN1CCN(C(=O)[C@H]2CC[C@H](C(F)(F)c3cc(Cl)nc(N4CCN(S(=O)(=O)c5ccc(N6CCCC6=O)cc5)CC4)c3)CC2)CC1. The first-order valence-corrected chi connectivity index (χ1v) is 21.0. The molecular formula is C38H52ClF2N7O6S. The van der Waals surface area contributed by atoms with Crippen LogP contribution in [0.15, 0.2) is 41.3 Å². The second kappa shape index (κ2) is 16.9. The van der Waals surface area contributed by atoms with E-state index in [1.807, 2.05) is 4.90 Å². The molecule has 4 fully saturated rings. The van der Waals surface area contributed by atoms with Gasteiger partial charge < -0.3 is 24.8 Å². The molecule has 2 aromatic rings. The van der Waals surface area contributed by atoms with E-state index in [0.717, 1.165) is 6.42 Å². The van der Waals surface area contributed by atoms with Crippen LogP contribution >= 0.6 is 11.6 Å². The third-order valence-corrected chi connectivity index (χ3v) is 13.1. The van der Waals surface area contributed by atoms with Gasteiger partial charge >= 0.3 is 6.09 Å². The highest BCUT2D eigenvalue weighted by molar-refractivity contribution is 7.89. The van der Waals surface area contributed by atoms with Gasteiger partial charge in [-0.25, -0.2) is 27.0 Å². The lowest BCUT2D eigenvalue weighted by Crippen LogP contribution is -2.52. The largest absolute Gasteiger partial charge is 0.444 e. The van der Waals surface area contributed by atoms with Crippen molar-refractivity contribution in [1.29, 1.82) is 0 Å². The summed E-state index contributed by atoms with van der Waals surface area (Å²) in [5.74, 6) is -4.17. The molecule has 4 aliphatic rings. The molecule has 0 spiro atoms. The molecule has 13 nitrogen and oxygen atoms in total. The van der Waals surface area contributed by atoms with E-state index in [2.05, 4.69) is 15.2 Å². The zero-order valence-electron chi connectivity index (χ0n) is 31.8. The lowest BCUT2D eigenvalue weighted by Gasteiger charge is -2.39. The first-order valence-electron chi connectivity index (χ1n) is 19.2. The van der Waals surface area contributed by atoms with Crippen LogP contribution in [0.4, 0.5) is 25.1 Å². The number of nitrogens with zero attached hydrogens (tertiary/aromatic N) is 6. The topological polar surface area (TPSA) is 136 Å². The van der Waals surface area contributed by atoms with Crippen molar-refractivity contribution < 1.29 is 36.3 Å². The van der Waals surface area contributed by atoms with Gasteiger partial charge in [-0.2, -0.15) is 4.31 Å². The van der Waals surface area contributed by atoms with Crippen LogP contribution in [0.25, 0.3) is 0 Å². The fraction of sp³-hybridized carbons (Fsp3) is 0.632. The fourth-order valence-corrected chi connectivity index (χ4v) is 9.51. The molecule has 3 aliphatic heterocycles. The number of alkyl carbamates (subject to hydrolysis) is 1. The first kappa shape index (κ1) is 41.0. The second-order valence-corrected chi connectivity index (χ2v) is 18.2. The van der Waals surface area contributed by atoms with Crippen LogP contribution in [0, 0.1) is 11.8 Å². The molecule has 3 amide bonds. The summed E-state index contributed by atoms with van der Waals surface area (Å²) in [6.45, 7) is 10.3. The number of carbonyl (C=O) groups excluding carboxylic acids is 3. The third kappa shape index (κ3) is 9.86. The molecule has 55 heavy (non-hydrogen) atoms. The molecule has 1 saturated carbocycles. The Morgan fingerprint density at radius 2 is 1.58 bits per heavy atom. The number of ether oxygens (including phenoxy) is 1. The normalized spacial score (nSPS) is 22.2. The van der Waals surface area contributed by atoms with Crippen LogP contribution in [0.5, 0.6) is 0 Å². The van der Waals surface area contributed by atoms with Crippen LogP contribution in [0.1, 0.15) is 64.9 Å². The summed E-state index contributed by atoms with van der Waals surface area (Å²) in [4.78, 5) is 49.3. The molecule has 4 heterocycles. The maximum Gasteiger partial charge on any atom is 0.407 e. The minimum atomic E-state index is -3.82. The summed E-state index contributed by atoms with van der Waals surface area (Å²) < 4.78 is 65.8. The number of halogens is 3. The first-order chi connectivity index (χ1) is 26.0. The highest BCUT2D eigenvalue weighted by atomic mass is 35.5. The van der Waals surface area contributed by atoms with E-state index in [9.17, 15) is 22.8 Å². The number of hydrogen-bond acceptors (Lipinski definition) is 9. The summed E-state index contributed by atoms with van der Waals surface area (Å²) in [6, 6.07) is 8.87. The standard InChI is InChI=1S/C38H52ClF2N7O6S/c1-37(2,3)54-36(51)42-14-16-44-17-19-46(20-18-44)35(50)27-6-8-28(9-7-27)38(40,41)29-25-32(39)43-33(26-29)45-21-23-47(24-22-45)55(52,53)31-12-10-30(11-13-31)48-15-4-5-34(48)49/h10-13,25-28H,4-9,14-24H2,1-3H3,(H,42,51)/t27-,28-. The van der Waals surface area contributed by atoms with Crippen molar-refractivity contribution in [2.24, 2.45) is 11.8 Å². The smallest absolute Gasteiger partial charge is 0.407 e. The lowest BCUT2D eigenvalue weighted by molar-refractivity contribution is -0.141. The number of pyridine rings is 1. The minimum Gasteiger partial charge on any atom is -0.444 e. The Morgan fingerprint density at radius 1 is 0.927 bits per heavy atom. The molecule has 1 aromatic carbocycles. The average molecular weight is 808 g/mol. The highest BCUT2D eigenvalue weighted by Gasteiger charge is 2.45. The van der Waals surface area contributed by atoms with Gasteiger partial charge in [-0.1, -0.05) is 11.6 Å². The molecular weight excluding hydrogens is 756 g/mol. The van der Waals surface area contributed by atoms with E-state index in [1.165, 1.54) is 28.6 Å². The average Bonchev–Trinajstić information content (AvgIpc) is 3.59. The van der Waals surface area contributed by atoms with Crippen LogP contribution < -0.4 is 15.1 Å². The minimum absolute atomic E-state index is 0.0132. The molecule has 17 heteroatoms. The molecule has 6 rings (SSSR count). The van der Waals surface area contributed by atoms with Gasteiger partial charge in [0.1, 0.15) is 16.6 Å². The Labute approximate surface area is 327 Å². The van der Waals surface area contributed by atoms with E-state index < -0.39 is 33.6 Å². The molecule has 0 unspecified atom stereocenters. The van der Waals surface area contributed by atoms with Gasteiger partial charge in [0.25, 0.3) is 5.92 Å². The molecule has 1 aromatic heterocycles. The zero-order chi connectivity index (χ0) is 39.5. The van der Waals surface area contributed by atoms with Gasteiger partial charge in [-0.15, -0.1) is 0 Å². The van der Waals surface area contributed by atoms with Crippen molar-refractivity contribution in [2.75, 3.05) is 81.8 Å². The number of benzene rings is 1. The fourth-order valence-electron chi connectivity index (χ4n) is 7.88. The number of piperazine rings is 2. The van der Waals surface area contributed by atoms with Gasteiger partial charge in [0.05, 0.1) is 4.90 Å². The maximum absolute atomic E-state index is 16.1. The Kier molecular flexibility index (Phi) is 12.6. The maximum atomic E-state index is 16.1. The molecule has 1 N–H and O–H groups in total. The quantitative estimate of drug-likeness (QED) is 0.332. The number of alkyl halides is 2. The van der Waals surface area contributed by atoms with E-state index in [1.54, 1.807) is 42.7 Å². The van der Waals surface area contributed by atoms with Gasteiger partial charge in [-0.05, 0) is 89.3 Å². The van der Waals surface area contributed by atoms with Crippen LogP contribution in [-0.2, 0) is 30.3 Å². The molecule has 0 bridgehead atoms. The number of rotatable bonds is 10. The van der Waals surface area contributed by atoms with Crippen LogP contribution in [0.3, 0.4) is 0 Å². The summed E-state index contributed by atoms with van der Waals surface area (Å²) in [7, 11) is -3.82. The molecule has 0 atom stereocenters. The van der Waals surface area contributed by atoms with E-state index in [0.29, 0.717) is 70.8 Å². The van der Waals surface area contributed by atoms with Crippen molar-refractivity contribution in [3.63, 3.8) is 0 Å². The van der Waals surface area contributed by atoms with Gasteiger partial charge in [0.2, 0.25) is 21.8 Å². The monoisotopic (exact) mass is 807 g/mol. The number of anilines is 2. The number of sulfonamides is 1. The highest BCUT2D eigenvalue weighted by Crippen LogP contribution is 2.46. The van der Waals surface area contributed by atoms with Crippen LogP contribution in [0.2, 0.25) is 5.15 Å². The van der Waals surface area contributed by atoms with Crippen molar-refractivity contribution in [3.05, 3.63) is 47.1 Å². The van der Waals surface area contributed by atoms with E-state index >= 15 is 8.78 Å². The zero-order valence-corrected chi connectivity index (χ0v) is 33.4. The number of amides is 3. The van der Waals surface area contributed by atoms with Gasteiger partial charge in [-0.3, -0.25) is 14.5 Å². The van der Waals surface area contributed by atoms with Crippen LogP contribution in [-0.4, -0.2) is 123 Å². The molecule has 0 radical (unpaired) electrons. The molecule has 302 valence electrons. The van der Waals surface area contributed by atoms with E-state index in [4.69, 9.17) is 16.3 Å². The summed E-state index contributed by atoms with van der Waals surface area (Å²) in [6.07, 6.45) is 1.93. The number of nitrogens with one attached hydrogen (secondary N) is 1. The van der Waals surface area contributed by atoms with Gasteiger partial charge in [0.15, 0.2) is 0 Å². The molecule has 3 saturated heterocycles. The Morgan fingerprint density at radius 3 is 2.18 bits per heavy atom.